The molecular weight excluding hydrogens is 507 g/mol. The lowest BCUT2D eigenvalue weighted by atomic mass is 9.82. The molecule has 0 radical (unpaired) electrons. The van der Waals surface area contributed by atoms with Crippen LogP contribution in [0.5, 0.6) is 0 Å². The fourth-order valence-electron chi connectivity index (χ4n) is 6.47. The average molecular weight is 546 g/mol. The summed E-state index contributed by atoms with van der Waals surface area (Å²) < 4.78 is 20.8. The fourth-order valence-corrected chi connectivity index (χ4v) is 6.47. The van der Waals surface area contributed by atoms with Gasteiger partial charge in [0.25, 0.3) is 0 Å². The van der Waals surface area contributed by atoms with Crippen LogP contribution in [0.15, 0.2) is 54.6 Å². The molecule has 0 spiro atoms. The van der Waals surface area contributed by atoms with E-state index in [-0.39, 0.29) is 34.9 Å². The molecule has 4 saturated heterocycles. The monoisotopic (exact) mass is 544 g/mol. The van der Waals surface area contributed by atoms with Crippen molar-refractivity contribution in [1.82, 2.24) is 4.90 Å². The van der Waals surface area contributed by atoms with Gasteiger partial charge in [-0.2, -0.15) is 0 Å². The molecule has 0 N–H and O–H groups in total. The molecule has 0 unspecified atom stereocenters. The zero-order valence-electron chi connectivity index (χ0n) is 20.8. The Kier molecular flexibility index (Phi) is 8.34. The predicted molar refractivity (Wildman–Crippen MR) is 132 cm³/mol. The van der Waals surface area contributed by atoms with E-state index >= 15 is 0 Å². The van der Waals surface area contributed by atoms with Crippen molar-refractivity contribution < 1.29 is 35.4 Å². The molecule has 2 atom stereocenters. The van der Waals surface area contributed by atoms with Crippen LogP contribution >= 0.6 is 0 Å². The van der Waals surface area contributed by atoms with Crippen molar-refractivity contribution in [2.24, 2.45) is 5.92 Å². The Bertz CT molecular complexity index is 972. The lowest BCUT2D eigenvalue weighted by Gasteiger charge is -2.53. The SMILES string of the molecule is C[C@@](C(=O)O[C@H]1C[N+]2(CCc3ccc(F)cc3)CCC1CC2)(c1ccccc1)N1CCCCC1.[Br-]. The maximum Gasteiger partial charge on any atom is 0.331 e. The Morgan fingerprint density at radius 1 is 1.03 bits per heavy atom. The van der Waals surface area contributed by atoms with E-state index in [9.17, 15) is 9.18 Å². The maximum absolute atomic E-state index is 13.9. The molecule has 0 aromatic heterocycles. The van der Waals surface area contributed by atoms with Gasteiger partial charge in [-0.25, -0.2) is 9.18 Å². The first-order valence-electron chi connectivity index (χ1n) is 13.1. The van der Waals surface area contributed by atoms with Crippen molar-refractivity contribution in [3.05, 3.63) is 71.5 Å². The molecule has 4 aliphatic heterocycles. The van der Waals surface area contributed by atoms with Gasteiger partial charge in [-0.1, -0.05) is 48.9 Å². The van der Waals surface area contributed by atoms with Gasteiger partial charge < -0.3 is 26.2 Å². The Morgan fingerprint density at radius 3 is 2.34 bits per heavy atom. The van der Waals surface area contributed by atoms with E-state index in [1.165, 1.54) is 12.0 Å². The normalized spacial score (nSPS) is 28.1. The van der Waals surface area contributed by atoms with Crippen LogP contribution in [-0.2, 0) is 21.5 Å². The lowest BCUT2D eigenvalue weighted by Crippen LogP contribution is -3.00. The summed E-state index contributed by atoms with van der Waals surface area (Å²) in [7, 11) is 0. The number of hydrogen-bond acceptors (Lipinski definition) is 3. The number of halogens is 2. The summed E-state index contributed by atoms with van der Waals surface area (Å²) in [5.74, 6) is 0.198. The van der Waals surface area contributed by atoms with Gasteiger partial charge >= 0.3 is 5.97 Å². The van der Waals surface area contributed by atoms with E-state index in [0.717, 1.165) is 81.4 Å². The van der Waals surface area contributed by atoms with Gasteiger partial charge in [0.2, 0.25) is 0 Å². The van der Waals surface area contributed by atoms with Gasteiger partial charge in [-0.3, -0.25) is 4.90 Å². The summed E-state index contributed by atoms with van der Waals surface area (Å²) in [5.41, 5.74) is 1.47. The molecule has 2 bridgehead atoms. The van der Waals surface area contributed by atoms with E-state index in [0.29, 0.717) is 5.92 Å². The molecule has 35 heavy (non-hydrogen) atoms. The van der Waals surface area contributed by atoms with Gasteiger partial charge in [0.05, 0.1) is 19.6 Å². The van der Waals surface area contributed by atoms with Crippen LogP contribution in [0.3, 0.4) is 0 Å². The number of hydrogen-bond donors (Lipinski definition) is 0. The molecule has 6 heteroatoms. The molecule has 6 rings (SSSR count). The summed E-state index contributed by atoms with van der Waals surface area (Å²) in [6.45, 7) is 8.18. The highest BCUT2D eigenvalue weighted by molar-refractivity contribution is 5.82. The zero-order valence-corrected chi connectivity index (χ0v) is 22.4. The summed E-state index contributed by atoms with van der Waals surface area (Å²) >= 11 is 0. The first-order valence-corrected chi connectivity index (χ1v) is 13.1. The summed E-state index contributed by atoms with van der Waals surface area (Å²) in [6.07, 6.45) is 6.64. The number of benzene rings is 2. The first-order chi connectivity index (χ1) is 16.5. The topological polar surface area (TPSA) is 29.5 Å². The summed E-state index contributed by atoms with van der Waals surface area (Å²) in [5, 5.41) is 0. The molecule has 4 nitrogen and oxygen atoms in total. The lowest BCUT2D eigenvalue weighted by molar-refractivity contribution is -0.946. The van der Waals surface area contributed by atoms with Gasteiger partial charge in [-0.15, -0.1) is 0 Å². The van der Waals surface area contributed by atoms with Crippen molar-refractivity contribution in [2.45, 2.75) is 57.1 Å². The average Bonchev–Trinajstić information content (AvgIpc) is 2.89. The van der Waals surface area contributed by atoms with Crippen LogP contribution in [0.1, 0.15) is 50.2 Å². The number of esters is 1. The smallest absolute Gasteiger partial charge is 0.331 e. The fraction of sp³-hybridized carbons (Fsp3) is 0.552. The largest absolute Gasteiger partial charge is 1.00 e. The minimum absolute atomic E-state index is 0. The molecule has 0 saturated carbocycles. The molecule has 2 aromatic carbocycles. The molecule has 0 amide bonds. The Morgan fingerprint density at radius 2 is 1.69 bits per heavy atom. The van der Waals surface area contributed by atoms with E-state index in [1.54, 1.807) is 12.1 Å². The minimum Gasteiger partial charge on any atom is -1.00 e. The van der Waals surface area contributed by atoms with Crippen LogP contribution in [0, 0.1) is 11.7 Å². The van der Waals surface area contributed by atoms with E-state index in [2.05, 4.69) is 24.0 Å². The summed E-state index contributed by atoms with van der Waals surface area (Å²) in [6, 6.07) is 17.1. The number of nitrogens with zero attached hydrogens (tertiary/aromatic N) is 2. The molecular formula is C29H38BrFN2O2. The maximum atomic E-state index is 13.9. The molecule has 0 aliphatic carbocycles. The third kappa shape index (κ3) is 5.50. The van der Waals surface area contributed by atoms with Crippen LogP contribution in [0.4, 0.5) is 4.39 Å². The second kappa shape index (κ2) is 11.1. The molecule has 2 aromatic rings. The van der Waals surface area contributed by atoms with E-state index in [1.807, 2.05) is 30.3 Å². The highest BCUT2D eigenvalue weighted by Gasteiger charge is 2.50. The van der Waals surface area contributed by atoms with Crippen LogP contribution in [-0.4, -0.2) is 60.7 Å². The zero-order chi connectivity index (χ0) is 23.6. The van der Waals surface area contributed by atoms with Crippen molar-refractivity contribution in [3.8, 4) is 0 Å². The standard InChI is InChI=1S/C29H38FN2O2.BrH/c1-29(25-8-4-2-5-9-25,31-17-6-3-7-18-31)28(33)34-27-22-32(20-15-24(27)16-21-32)19-14-23-10-12-26(30)13-11-23;/h2,4-5,8-13,24,27H,3,6-7,14-22H2,1H3;1H/q+1;/p-1/t24?,27-,29-,32?;/m0./s1. The van der Waals surface area contributed by atoms with Gasteiger partial charge in [-0.05, 0) is 56.1 Å². The number of quaternary nitrogens is 1. The first kappa shape index (κ1) is 26.3. The third-order valence-electron chi connectivity index (χ3n) is 8.81. The van der Waals surface area contributed by atoms with Crippen LogP contribution in [0.25, 0.3) is 0 Å². The highest BCUT2D eigenvalue weighted by atomic mass is 79.9. The van der Waals surface area contributed by atoms with Crippen LogP contribution < -0.4 is 17.0 Å². The molecule has 4 fully saturated rings. The third-order valence-corrected chi connectivity index (χ3v) is 8.81. The number of ether oxygens (including phenoxy) is 1. The Labute approximate surface area is 219 Å². The molecule has 4 heterocycles. The molecule has 4 aliphatic rings. The van der Waals surface area contributed by atoms with Gasteiger partial charge in [0.15, 0.2) is 6.10 Å². The van der Waals surface area contributed by atoms with Gasteiger partial charge in [0, 0.05) is 25.2 Å². The summed E-state index contributed by atoms with van der Waals surface area (Å²) in [4.78, 5) is 16.3. The predicted octanol–water partition coefficient (Wildman–Crippen LogP) is 1.93. The molecule has 190 valence electrons. The highest BCUT2D eigenvalue weighted by Crippen LogP contribution is 2.39. The number of carbonyl (C=O) groups is 1. The quantitative estimate of drug-likeness (QED) is 0.394. The number of fused-ring (bicyclic) bond motifs is 3. The number of likely N-dealkylation sites (tertiary alicyclic amines) is 1. The van der Waals surface area contributed by atoms with E-state index < -0.39 is 5.54 Å². The van der Waals surface area contributed by atoms with Crippen molar-refractivity contribution in [2.75, 3.05) is 39.3 Å². The second-order valence-corrected chi connectivity index (χ2v) is 10.8. The van der Waals surface area contributed by atoms with Crippen molar-refractivity contribution >= 4 is 5.97 Å². The Hall–Kier alpha value is -1.76. The number of rotatable bonds is 7. The number of piperidine rings is 4. The number of carbonyl (C=O) groups excluding carboxylic acids is 1. The minimum atomic E-state index is -0.743. The van der Waals surface area contributed by atoms with E-state index in [4.69, 9.17) is 4.74 Å². The van der Waals surface area contributed by atoms with Gasteiger partial charge in [0.1, 0.15) is 17.9 Å². The second-order valence-electron chi connectivity index (χ2n) is 10.8. The van der Waals surface area contributed by atoms with Crippen LogP contribution in [0.2, 0.25) is 0 Å². The Balaban J connectivity index is 0.00000289. The van der Waals surface area contributed by atoms with Crippen molar-refractivity contribution in [1.29, 1.82) is 0 Å². The van der Waals surface area contributed by atoms with Crippen molar-refractivity contribution in [3.63, 3.8) is 0 Å².